The number of fused-ring (bicyclic) bond motifs is 1. The third kappa shape index (κ3) is 3.11. The molecule has 0 bridgehead atoms. The number of carbonyl (C=O) groups is 1. The zero-order valence-electron chi connectivity index (χ0n) is 14.9. The Hall–Kier alpha value is -2.94. The Kier molecular flexibility index (Phi) is 4.15. The number of carbonyl (C=O) groups excluding carboxylic acids is 1. The van der Waals surface area contributed by atoms with Gasteiger partial charge in [0.05, 0.1) is 12.1 Å². The Morgan fingerprint density at radius 1 is 1.25 bits per heavy atom. The summed E-state index contributed by atoms with van der Waals surface area (Å²) in [7, 11) is 0. The Labute approximate surface area is 158 Å². The maximum atomic E-state index is 13.0. The number of hydrogen-bond donors (Lipinski definition) is 2. The quantitative estimate of drug-likeness (QED) is 0.705. The predicted octanol–water partition coefficient (Wildman–Crippen LogP) is 3.02. The van der Waals surface area contributed by atoms with E-state index in [4.69, 9.17) is 0 Å². The highest BCUT2D eigenvalue weighted by Gasteiger charge is 2.41. The van der Waals surface area contributed by atoms with Crippen molar-refractivity contribution in [1.82, 2.24) is 20.3 Å². The summed E-state index contributed by atoms with van der Waals surface area (Å²) in [4.78, 5) is 14.3. The lowest BCUT2D eigenvalue weighted by molar-refractivity contribution is -0.137. The number of nitrogens with zero attached hydrogens (tertiary/aromatic N) is 3. The van der Waals surface area contributed by atoms with Crippen LogP contribution >= 0.6 is 0 Å². The number of aromatic amines is 1. The summed E-state index contributed by atoms with van der Waals surface area (Å²) in [5.41, 5.74) is 0.198. The monoisotopic (exact) mass is 390 g/mol. The average molecular weight is 390 g/mol. The van der Waals surface area contributed by atoms with Crippen LogP contribution in [0.4, 0.5) is 13.2 Å². The number of likely N-dealkylation sites (tertiary alicyclic amines) is 1. The van der Waals surface area contributed by atoms with E-state index in [1.807, 2.05) is 6.92 Å². The van der Waals surface area contributed by atoms with Gasteiger partial charge in [-0.15, -0.1) is 0 Å². The van der Waals surface area contributed by atoms with Crippen LogP contribution in [-0.2, 0) is 11.8 Å². The molecule has 6 nitrogen and oxygen atoms in total. The Morgan fingerprint density at radius 2 is 2.04 bits per heavy atom. The molecule has 0 radical (unpaired) electrons. The second-order valence-corrected chi connectivity index (χ2v) is 7.07. The van der Waals surface area contributed by atoms with Crippen LogP contribution in [0.1, 0.15) is 33.5 Å². The number of hydrogen-bond acceptors (Lipinski definition) is 4. The third-order valence-electron chi connectivity index (χ3n) is 5.12. The highest BCUT2D eigenvalue weighted by atomic mass is 19.4. The van der Waals surface area contributed by atoms with E-state index < -0.39 is 17.3 Å². The largest absolute Gasteiger partial charge is 0.416 e. The molecule has 1 atom stereocenters. The molecule has 2 N–H and O–H groups in total. The molecule has 146 valence electrons. The van der Waals surface area contributed by atoms with Crippen molar-refractivity contribution in [3.05, 3.63) is 58.7 Å². The van der Waals surface area contributed by atoms with Gasteiger partial charge in [0.15, 0.2) is 0 Å². The minimum absolute atomic E-state index is 0.0803. The van der Waals surface area contributed by atoms with E-state index in [-0.39, 0.29) is 31.0 Å². The molecule has 28 heavy (non-hydrogen) atoms. The van der Waals surface area contributed by atoms with Crippen molar-refractivity contribution in [1.29, 1.82) is 0 Å². The first-order valence-electron chi connectivity index (χ1n) is 8.68. The lowest BCUT2D eigenvalue weighted by atomic mass is 9.91. The second kappa shape index (κ2) is 6.30. The lowest BCUT2D eigenvalue weighted by Gasteiger charge is -2.25. The SMILES string of the molecule is Cc1cc(C(=O)N2CCC(O)(c3cccc(C(F)(F)F)c3)C2)cc2n[nH]nc12. The maximum absolute atomic E-state index is 13.0. The molecule has 1 aliphatic rings. The van der Waals surface area contributed by atoms with Gasteiger partial charge in [-0.1, -0.05) is 12.1 Å². The Balaban J connectivity index is 1.60. The molecule has 0 aliphatic carbocycles. The van der Waals surface area contributed by atoms with E-state index in [0.717, 1.165) is 17.7 Å². The molecule has 2 heterocycles. The van der Waals surface area contributed by atoms with Crippen molar-refractivity contribution >= 4 is 16.9 Å². The number of nitrogens with one attached hydrogen (secondary N) is 1. The Morgan fingerprint density at radius 3 is 2.79 bits per heavy atom. The number of aliphatic hydroxyl groups is 1. The molecule has 1 fully saturated rings. The van der Waals surface area contributed by atoms with Crippen LogP contribution in [0.3, 0.4) is 0 Å². The van der Waals surface area contributed by atoms with Gasteiger partial charge in [-0.05, 0) is 48.7 Å². The van der Waals surface area contributed by atoms with Crippen molar-refractivity contribution < 1.29 is 23.1 Å². The molecule has 0 spiro atoms. The number of aryl methyl sites for hydroxylation is 1. The molecule has 1 saturated heterocycles. The highest BCUT2D eigenvalue weighted by molar-refractivity contribution is 5.98. The maximum Gasteiger partial charge on any atom is 0.416 e. The van der Waals surface area contributed by atoms with Gasteiger partial charge in [0, 0.05) is 12.1 Å². The fourth-order valence-electron chi connectivity index (χ4n) is 3.61. The summed E-state index contributed by atoms with van der Waals surface area (Å²) in [6.45, 7) is 1.97. The standard InChI is InChI=1S/C19H17F3N4O2/c1-11-7-12(8-15-16(11)24-25-23-15)17(27)26-6-5-18(28,10-26)13-3-2-4-14(9-13)19(20,21)22/h2-4,7-9,28H,5-6,10H2,1H3,(H,23,24,25). The van der Waals surface area contributed by atoms with Gasteiger partial charge in [-0.25, -0.2) is 0 Å². The number of β-amino-alcohol motifs (C(OH)–C–C–N with tert-alkyl or cyclic N) is 1. The van der Waals surface area contributed by atoms with Gasteiger partial charge in [0.25, 0.3) is 5.91 Å². The van der Waals surface area contributed by atoms with Crippen LogP contribution in [-0.4, -0.2) is 44.4 Å². The van der Waals surface area contributed by atoms with Crippen LogP contribution in [0.25, 0.3) is 11.0 Å². The van der Waals surface area contributed by atoms with Gasteiger partial charge < -0.3 is 10.0 Å². The van der Waals surface area contributed by atoms with E-state index in [1.165, 1.54) is 17.0 Å². The molecule has 4 rings (SSSR count). The zero-order valence-corrected chi connectivity index (χ0v) is 14.9. The molecule has 9 heteroatoms. The van der Waals surface area contributed by atoms with Gasteiger partial charge in [-0.2, -0.15) is 28.6 Å². The molecule has 0 saturated carbocycles. The first-order chi connectivity index (χ1) is 13.2. The fraction of sp³-hybridized carbons (Fsp3) is 0.316. The normalized spacial score (nSPS) is 20.1. The number of rotatable bonds is 2. The molecule has 1 amide bonds. The number of halogens is 3. The predicted molar refractivity (Wildman–Crippen MR) is 94.5 cm³/mol. The van der Waals surface area contributed by atoms with Crippen LogP contribution in [0.15, 0.2) is 36.4 Å². The molecule has 1 unspecified atom stereocenters. The molecule has 1 aliphatic heterocycles. The molecule has 3 aromatic rings. The average Bonchev–Trinajstić information content (AvgIpc) is 3.28. The van der Waals surface area contributed by atoms with Crippen LogP contribution in [0.5, 0.6) is 0 Å². The number of alkyl halides is 3. The number of aromatic nitrogens is 3. The van der Waals surface area contributed by atoms with Crippen LogP contribution in [0.2, 0.25) is 0 Å². The minimum atomic E-state index is -4.50. The van der Waals surface area contributed by atoms with E-state index in [0.29, 0.717) is 16.6 Å². The fourth-order valence-corrected chi connectivity index (χ4v) is 3.61. The summed E-state index contributed by atoms with van der Waals surface area (Å²) in [6, 6.07) is 7.92. The zero-order chi connectivity index (χ0) is 20.1. The van der Waals surface area contributed by atoms with E-state index in [2.05, 4.69) is 15.4 Å². The molecule has 1 aromatic heterocycles. The van der Waals surface area contributed by atoms with Gasteiger partial charge >= 0.3 is 6.18 Å². The number of H-pyrrole nitrogens is 1. The number of amides is 1. The van der Waals surface area contributed by atoms with E-state index in [9.17, 15) is 23.1 Å². The van der Waals surface area contributed by atoms with Crippen molar-refractivity contribution in [2.75, 3.05) is 13.1 Å². The second-order valence-electron chi connectivity index (χ2n) is 7.07. The summed E-state index contributed by atoms with van der Waals surface area (Å²) < 4.78 is 39.0. The van der Waals surface area contributed by atoms with Crippen molar-refractivity contribution in [3.63, 3.8) is 0 Å². The molecular formula is C19H17F3N4O2. The number of benzene rings is 2. The summed E-state index contributed by atoms with van der Waals surface area (Å²) in [6.07, 6.45) is -4.34. The smallest absolute Gasteiger partial charge is 0.383 e. The highest BCUT2D eigenvalue weighted by Crippen LogP contribution is 2.36. The summed E-state index contributed by atoms with van der Waals surface area (Å²) in [5.74, 6) is -0.309. The van der Waals surface area contributed by atoms with Crippen LogP contribution < -0.4 is 0 Å². The van der Waals surface area contributed by atoms with Crippen molar-refractivity contribution in [2.24, 2.45) is 0 Å². The van der Waals surface area contributed by atoms with Gasteiger partial charge in [0.2, 0.25) is 0 Å². The lowest BCUT2D eigenvalue weighted by Crippen LogP contribution is -2.34. The van der Waals surface area contributed by atoms with Crippen molar-refractivity contribution in [3.8, 4) is 0 Å². The Bertz CT molecular complexity index is 1060. The van der Waals surface area contributed by atoms with Crippen molar-refractivity contribution in [2.45, 2.75) is 25.1 Å². The topological polar surface area (TPSA) is 82.1 Å². The van der Waals surface area contributed by atoms with E-state index >= 15 is 0 Å². The molecule has 2 aromatic carbocycles. The summed E-state index contributed by atoms with van der Waals surface area (Å²) >= 11 is 0. The first kappa shape index (κ1) is 18.4. The summed E-state index contributed by atoms with van der Waals surface area (Å²) in [5, 5.41) is 21.4. The van der Waals surface area contributed by atoms with E-state index in [1.54, 1.807) is 12.1 Å². The van der Waals surface area contributed by atoms with Crippen LogP contribution in [0, 0.1) is 6.92 Å². The first-order valence-corrected chi connectivity index (χ1v) is 8.68. The van der Waals surface area contributed by atoms with Gasteiger partial charge in [0.1, 0.15) is 16.6 Å². The third-order valence-corrected chi connectivity index (χ3v) is 5.12. The minimum Gasteiger partial charge on any atom is -0.383 e. The molecular weight excluding hydrogens is 373 g/mol. The van der Waals surface area contributed by atoms with Gasteiger partial charge in [-0.3, -0.25) is 4.79 Å².